The second-order valence-electron chi connectivity index (χ2n) is 6.37. The molecule has 0 aromatic heterocycles. The van der Waals surface area contributed by atoms with Crippen molar-refractivity contribution in [1.82, 2.24) is 0 Å². The van der Waals surface area contributed by atoms with Crippen LogP contribution < -0.4 is 20.1 Å². The minimum atomic E-state index is -2.96. The lowest BCUT2D eigenvalue weighted by atomic mass is 10.2. The number of carbonyl (C=O) groups excluding carboxylic acids is 2. The van der Waals surface area contributed by atoms with Crippen LogP contribution in [0.1, 0.15) is 12.5 Å². The molecule has 0 aliphatic carbocycles. The number of hydrogen-bond acceptors (Lipinski definition) is 6. The van der Waals surface area contributed by atoms with E-state index in [1.165, 1.54) is 29.2 Å². The molecule has 3 rings (SSSR count). The molecule has 0 saturated heterocycles. The Balaban J connectivity index is 1.94. The van der Waals surface area contributed by atoms with E-state index < -0.39 is 23.7 Å². The van der Waals surface area contributed by atoms with Crippen molar-refractivity contribution in [1.29, 1.82) is 0 Å². The first-order chi connectivity index (χ1) is 14.8. The number of nitrogens with two attached hydrogens (primary N) is 1. The molecule has 1 aliphatic heterocycles. The number of rotatable bonds is 7. The average molecular weight is 447 g/mol. The molecule has 1 unspecified atom stereocenters. The fourth-order valence-corrected chi connectivity index (χ4v) is 3.53. The molecule has 0 radical (unpaired) electrons. The summed E-state index contributed by atoms with van der Waals surface area (Å²) in [7, 11) is 1.55. The third kappa shape index (κ3) is 5.40. The number of benzene rings is 2. The summed E-state index contributed by atoms with van der Waals surface area (Å²) >= 11 is 1.03. The lowest BCUT2D eigenvalue weighted by molar-refractivity contribution is -0.117. The molecule has 162 valence electrons. The van der Waals surface area contributed by atoms with E-state index in [4.69, 9.17) is 10.5 Å². The summed E-state index contributed by atoms with van der Waals surface area (Å²) in [4.78, 5) is 30.3. The number of primary amides is 1. The van der Waals surface area contributed by atoms with E-state index in [0.29, 0.717) is 11.4 Å². The molecule has 10 heteroatoms. The standard InChI is InChI=1S/C21H19F2N3O4S/c1-12(18(24)27)31-21-25-17(11-13-3-7-15(29-2)8-4-13)19(28)26(21)14-5-9-16(10-6-14)30-20(22)23/h3-12,20H,1-2H3,(H2,24,27)/b17-11-. The molecular formula is C21H19F2N3O4S. The van der Waals surface area contributed by atoms with E-state index in [2.05, 4.69) is 9.73 Å². The molecule has 2 aromatic rings. The van der Waals surface area contributed by atoms with Crippen molar-refractivity contribution in [3.8, 4) is 11.5 Å². The highest BCUT2D eigenvalue weighted by Gasteiger charge is 2.33. The number of thioether (sulfide) groups is 1. The summed E-state index contributed by atoms with van der Waals surface area (Å²) in [6.45, 7) is -1.36. The van der Waals surface area contributed by atoms with Crippen molar-refractivity contribution in [3.05, 3.63) is 59.8 Å². The van der Waals surface area contributed by atoms with Crippen LogP contribution in [-0.4, -0.2) is 36.0 Å². The van der Waals surface area contributed by atoms with Gasteiger partial charge in [-0.1, -0.05) is 23.9 Å². The number of methoxy groups -OCH3 is 1. The number of ether oxygens (including phenoxy) is 2. The largest absolute Gasteiger partial charge is 0.497 e. The third-order valence-corrected chi connectivity index (χ3v) is 5.32. The molecule has 1 heterocycles. The van der Waals surface area contributed by atoms with Gasteiger partial charge in [-0.25, -0.2) is 4.99 Å². The van der Waals surface area contributed by atoms with Crippen LogP contribution in [0.5, 0.6) is 11.5 Å². The summed E-state index contributed by atoms with van der Waals surface area (Å²) in [5.41, 5.74) is 6.61. The van der Waals surface area contributed by atoms with Crippen molar-refractivity contribution >= 4 is 40.5 Å². The number of amides is 2. The lowest BCUT2D eigenvalue weighted by Crippen LogP contribution is -2.33. The Morgan fingerprint density at radius 2 is 1.74 bits per heavy atom. The van der Waals surface area contributed by atoms with Gasteiger partial charge in [0.05, 0.1) is 18.0 Å². The highest BCUT2D eigenvalue weighted by molar-refractivity contribution is 8.15. The fraction of sp³-hybridized carbons (Fsp3) is 0.190. The zero-order valence-electron chi connectivity index (χ0n) is 16.6. The molecular weight excluding hydrogens is 428 g/mol. The zero-order chi connectivity index (χ0) is 22.5. The fourth-order valence-electron chi connectivity index (χ4n) is 2.65. The van der Waals surface area contributed by atoms with Gasteiger partial charge in [0.2, 0.25) is 5.91 Å². The Bertz CT molecular complexity index is 1020. The molecule has 2 aromatic carbocycles. The van der Waals surface area contributed by atoms with Gasteiger partial charge in [-0.15, -0.1) is 0 Å². The average Bonchev–Trinajstić information content (AvgIpc) is 3.03. The lowest BCUT2D eigenvalue weighted by Gasteiger charge is -2.19. The molecule has 1 aliphatic rings. The minimum Gasteiger partial charge on any atom is -0.497 e. The number of carbonyl (C=O) groups is 2. The first-order valence-electron chi connectivity index (χ1n) is 9.08. The van der Waals surface area contributed by atoms with E-state index >= 15 is 0 Å². The maximum Gasteiger partial charge on any atom is 0.387 e. The van der Waals surface area contributed by atoms with Crippen molar-refractivity contribution in [2.75, 3.05) is 12.0 Å². The van der Waals surface area contributed by atoms with Gasteiger partial charge < -0.3 is 15.2 Å². The number of halogens is 2. The van der Waals surface area contributed by atoms with Crippen LogP contribution in [0.15, 0.2) is 59.2 Å². The predicted molar refractivity (Wildman–Crippen MR) is 115 cm³/mol. The molecule has 0 saturated carbocycles. The van der Waals surface area contributed by atoms with Gasteiger partial charge in [-0.2, -0.15) is 8.78 Å². The van der Waals surface area contributed by atoms with Gasteiger partial charge in [0.1, 0.15) is 17.2 Å². The maximum atomic E-state index is 13.1. The summed E-state index contributed by atoms with van der Waals surface area (Å²) < 4.78 is 34.3. The van der Waals surface area contributed by atoms with Gasteiger partial charge in [0, 0.05) is 0 Å². The highest BCUT2D eigenvalue weighted by atomic mass is 32.2. The first kappa shape index (κ1) is 22.3. The van der Waals surface area contributed by atoms with Gasteiger partial charge in [0.25, 0.3) is 5.91 Å². The van der Waals surface area contributed by atoms with Crippen LogP contribution in [0.3, 0.4) is 0 Å². The highest BCUT2D eigenvalue weighted by Crippen LogP contribution is 2.32. The first-order valence-corrected chi connectivity index (χ1v) is 9.96. The zero-order valence-corrected chi connectivity index (χ0v) is 17.4. The Kier molecular flexibility index (Phi) is 6.91. The second-order valence-corrected chi connectivity index (χ2v) is 7.68. The van der Waals surface area contributed by atoms with Gasteiger partial charge >= 0.3 is 6.61 Å². The van der Waals surface area contributed by atoms with Crippen LogP contribution in [0.25, 0.3) is 6.08 Å². The SMILES string of the molecule is COc1ccc(/C=C2\N=C(SC(C)C(N)=O)N(c3ccc(OC(F)F)cc3)C2=O)cc1. The number of alkyl halides is 2. The van der Waals surface area contributed by atoms with E-state index in [1.807, 2.05) is 0 Å². The molecule has 0 fully saturated rings. The van der Waals surface area contributed by atoms with Gasteiger partial charge in [0.15, 0.2) is 5.17 Å². The van der Waals surface area contributed by atoms with Crippen LogP contribution in [-0.2, 0) is 9.59 Å². The second kappa shape index (κ2) is 9.61. The Labute approximate surface area is 181 Å². The number of aliphatic imine (C=N–C) groups is 1. The van der Waals surface area contributed by atoms with E-state index in [9.17, 15) is 18.4 Å². The predicted octanol–water partition coefficient (Wildman–Crippen LogP) is 3.65. The minimum absolute atomic E-state index is 0.0453. The van der Waals surface area contributed by atoms with Gasteiger partial charge in [-0.3, -0.25) is 14.5 Å². The van der Waals surface area contributed by atoms with Crippen LogP contribution in [0, 0.1) is 0 Å². The smallest absolute Gasteiger partial charge is 0.387 e. The Morgan fingerprint density at radius 3 is 2.29 bits per heavy atom. The monoisotopic (exact) mass is 447 g/mol. The van der Waals surface area contributed by atoms with Crippen molar-refractivity contribution in [2.24, 2.45) is 10.7 Å². The van der Waals surface area contributed by atoms with Crippen molar-refractivity contribution < 1.29 is 27.8 Å². The third-order valence-electron chi connectivity index (χ3n) is 4.25. The quantitative estimate of drug-likeness (QED) is 0.654. The Hall–Kier alpha value is -3.40. The Morgan fingerprint density at radius 1 is 1.13 bits per heavy atom. The number of amidine groups is 1. The van der Waals surface area contributed by atoms with E-state index in [-0.39, 0.29) is 16.6 Å². The van der Waals surface area contributed by atoms with Crippen molar-refractivity contribution in [3.63, 3.8) is 0 Å². The van der Waals surface area contributed by atoms with E-state index in [0.717, 1.165) is 17.3 Å². The summed E-state index contributed by atoms with van der Waals surface area (Å²) in [6, 6.07) is 12.6. The maximum absolute atomic E-state index is 13.1. The summed E-state index contributed by atoms with van der Waals surface area (Å²) in [6.07, 6.45) is 1.60. The van der Waals surface area contributed by atoms with Crippen LogP contribution in [0.4, 0.5) is 14.5 Å². The van der Waals surface area contributed by atoms with Crippen LogP contribution in [0.2, 0.25) is 0 Å². The molecule has 7 nitrogen and oxygen atoms in total. The molecule has 1 atom stereocenters. The van der Waals surface area contributed by atoms with Crippen molar-refractivity contribution in [2.45, 2.75) is 18.8 Å². The molecule has 0 bridgehead atoms. The summed E-state index contributed by atoms with van der Waals surface area (Å²) in [5.74, 6) is -0.371. The topological polar surface area (TPSA) is 94.2 Å². The van der Waals surface area contributed by atoms with E-state index in [1.54, 1.807) is 44.4 Å². The summed E-state index contributed by atoms with van der Waals surface area (Å²) in [5, 5.41) is -0.394. The van der Waals surface area contributed by atoms with Crippen LogP contribution >= 0.6 is 11.8 Å². The molecule has 2 amide bonds. The number of anilines is 1. The number of nitrogens with zero attached hydrogens (tertiary/aromatic N) is 2. The molecule has 0 spiro atoms. The molecule has 31 heavy (non-hydrogen) atoms. The normalized spacial score (nSPS) is 15.9. The van der Waals surface area contributed by atoms with Gasteiger partial charge in [-0.05, 0) is 55.0 Å². The number of hydrogen-bond donors (Lipinski definition) is 1. The molecule has 2 N–H and O–H groups in total.